The van der Waals surface area contributed by atoms with Gasteiger partial charge >= 0.3 is 0 Å². The van der Waals surface area contributed by atoms with Crippen molar-refractivity contribution in [2.24, 2.45) is 5.73 Å². The molecule has 1 aliphatic rings. The first kappa shape index (κ1) is 19.5. The van der Waals surface area contributed by atoms with Crippen molar-refractivity contribution in [1.29, 1.82) is 5.26 Å². The molecule has 5 nitrogen and oxygen atoms in total. The maximum Gasteiger partial charge on any atom is 0.259 e. The third-order valence-corrected chi connectivity index (χ3v) is 5.33. The summed E-state index contributed by atoms with van der Waals surface area (Å²) in [7, 11) is 0. The molecule has 0 saturated carbocycles. The van der Waals surface area contributed by atoms with Crippen LogP contribution in [0.1, 0.15) is 33.9 Å². The Morgan fingerprint density at radius 1 is 1.17 bits per heavy atom. The number of aromatic nitrogens is 1. The zero-order valence-corrected chi connectivity index (χ0v) is 16.6. The van der Waals surface area contributed by atoms with Crippen molar-refractivity contribution in [2.45, 2.75) is 26.3 Å². The van der Waals surface area contributed by atoms with Gasteiger partial charge in [0.05, 0.1) is 18.0 Å². The second-order valence-electron chi connectivity index (χ2n) is 7.42. The Bertz CT molecular complexity index is 1270. The number of hydrogen-bond donors (Lipinski definition) is 1. The molecule has 0 spiro atoms. The van der Waals surface area contributed by atoms with E-state index < -0.39 is 11.7 Å². The van der Waals surface area contributed by atoms with Gasteiger partial charge < -0.3 is 15.0 Å². The monoisotopic (exact) mass is 401 g/mol. The first-order valence-corrected chi connectivity index (χ1v) is 9.52. The molecule has 2 aromatic carbocycles. The molecular weight excluding hydrogens is 381 g/mol. The molecule has 0 fully saturated rings. The van der Waals surface area contributed by atoms with Crippen molar-refractivity contribution in [2.75, 3.05) is 0 Å². The molecular formula is C24H20FN3O2. The Labute approximate surface area is 173 Å². The fourth-order valence-electron chi connectivity index (χ4n) is 3.78. The molecule has 1 aromatic heterocycles. The Morgan fingerprint density at radius 2 is 1.90 bits per heavy atom. The number of aryl methyl sites for hydroxylation is 2. The molecule has 0 aliphatic carbocycles. The fraction of sp³-hybridized carbons (Fsp3) is 0.167. The molecule has 0 radical (unpaired) electrons. The van der Waals surface area contributed by atoms with Crippen molar-refractivity contribution >= 4 is 0 Å². The zero-order valence-electron chi connectivity index (χ0n) is 16.6. The highest BCUT2D eigenvalue weighted by atomic mass is 19.1. The molecule has 150 valence electrons. The fourth-order valence-corrected chi connectivity index (χ4v) is 3.78. The minimum Gasteiger partial charge on any atom is -0.440 e. The van der Waals surface area contributed by atoms with Gasteiger partial charge in [-0.25, -0.2) is 4.39 Å². The Balaban J connectivity index is 1.92. The van der Waals surface area contributed by atoms with E-state index in [1.165, 1.54) is 12.1 Å². The molecule has 2 heterocycles. The summed E-state index contributed by atoms with van der Waals surface area (Å²) in [5.41, 5.74) is 9.34. The van der Waals surface area contributed by atoms with Gasteiger partial charge in [-0.2, -0.15) is 5.26 Å². The molecule has 30 heavy (non-hydrogen) atoms. The first-order chi connectivity index (χ1) is 14.4. The molecule has 4 rings (SSSR count). The van der Waals surface area contributed by atoms with E-state index in [2.05, 4.69) is 0 Å². The van der Waals surface area contributed by atoms with Crippen molar-refractivity contribution in [3.63, 3.8) is 0 Å². The van der Waals surface area contributed by atoms with Gasteiger partial charge in [0.2, 0.25) is 5.88 Å². The lowest BCUT2D eigenvalue weighted by atomic mass is 9.84. The Morgan fingerprint density at radius 3 is 2.57 bits per heavy atom. The average Bonchev–Trinajstić information content (AvgIpc) is 2.71. The largest absolute Gasteiger partial charge is 0.440 e. The number of nitriles is 1. The van der Waals surface area contributed by atoms with Crippen LogP contribution in [0.5, 0.6) is 5.75 Å². The van der Waals surface area contributed by atoms with Crippen LogP contribution < -0.4 is 16.0 Å². The van der Waals surface area contributed by atoms with Crippen molar-refractivity contribution in [3.8, 4) is 11.8 Å². The second kappa shape index (κ2) is 7.53. The number of halogens is 1. The first-order valence-electron chi connectivity index (χ1n) is 9.52. The molecule has 1 atom stereocenters. The molecule has 0 bridgehead atoms. The van der Waals surface area contributed by atoms with Gasteiger partial charge in [0.1, 0.15) is 23.2 Å². The quantitative estimate of drug-likeness (QED) is 0.722. The van der Waals surface area contributed by atoms with Crippen LogP contribution in [0.15, 0.2) is 70.8 Å². The van der Waals surface area contributed by atoms with Crippen molar-refractivity contribution < 1.29 is 9.13 Å². The normalized spacial score (nSPS) is 15.3. The molecule has 0 amide bonds. The standard InChI is InChI=1S/C24H20FN3O2/c1-14-6-8-16(9-7-14)13-28-15(2)10-20-22(24(28)29)21(19(12-26)23(27)30-20)17-4-3-5-18(25)11-17/h3-11,21H,13,27H2,1-2H3/t21-/m1/s1. The van der Waals surface area contributed by atoms with Crippen LogP contribution in [0.25, 0.3) is 0 Å². The van der Waals surface area contributed by atoms with Gasteiger partial charge in [0, 0.05) is 11.8 Å². The third-order valence-electron chi connectivity index (χ3n) is 5.33. The topological polar surface area (TPSA) is 81.0 Å². The summed E-state index contributed by atoms with van der Waals surface area (Å²) >= 11 is 0. The van der Waals surface area contributed by atoms with Gasteiger partial charge in [0.25, 0.3) is 5.56 Å². The van der Waals surface area contributed by atoms with Crippen LogP contribution in [0.4, 0.5) is 4.39 Å². The van der Waals surface area contributed by atoms with Crippen LogP contribution in [0, 0.1) is 31.0 Å². The predicted octanol–water partition coefficient (Wildman–Crippen LogP) is 3.87. The highest BCUT2D eigenvalue weighted by molar-refractivity contribution is 5.55. The Kier molecular flexibility index (Phi) is 4.88. The minimum absolute atomic E-state index is 0.0747. The van der Waals surface area contributed by atoms with Gasteiger partial charge in [-0.3, -0.25) is 4.79 Å². The van der Waals surface area contributed by atoms with E-state index in [1.54, 1.807) is 22.8 Å². The third kappa shape index (κ3) is 3.35. The number of hydrogen-bond acceptors (Lipinski definition) is 4. The van der Waals surface area contributed by atoms with Gasteiger partial charge in [-0.05, 0) is 37.1 Å². The van der Waals surface area contributed by atoms with Crippen LogP contribution in [0.2, 0.25) is 0 Å². The van der Waals surface area contributed by atoms with Crippen LogP contribution in [0.3, 0.4) is 0 Å². The smallest absolute Gasteiger partial charge is 0.259 e. The molecule has 1 aliphatic heterocycles. The van der Waals surface area contributed by atoms with E-state index in [9.17, 15) is 14.4 Å². The van der Waals surface area contributed by atoms with Crippen molar-refractivity contribution in [1.82, 2.24) is 4.57 Å². The summed E-state index contributed by atoms with van der Waals surface area (Å²) in [6.07, 6.45) is 0. The number of fused-ring (bicyclic) bond motifs is 1. The van der Waals surface area contributed by atoms with E-state index in [4.69, 9.17) is 10.5 Å². The van der Waals surface area contributed by atoms with Gasteiger partial charge in [-0.1, -0.05) is 42.0 Å². The Hall–Kier alpha value is -3.85. The summed E-state index contributed by atoms with van der Waals surface area (Å²) in [6, 6.07) is 17.5. The summed E-state index contributed by atoms with van der Waals surface area (Å²) in [6.45, 7) is 4.19. The molecule has 2 N–H and O–H groups in total. The summed E-state index contributed by atoms with van der Waals surface area (Å²) in [4.78, 5) is 13.6. The molecule has 0 saturated heterocycles. The van der Waals surface area contributed by atoms with Gasteiger partial charge in [-0.15, -0.1) is 0 Å². The molecule has 6 heteroatoms. The van der Waals surface area contributed by atoms with Gasteiger partial charge in [0.15, 0.2) is 0 Å². The van der Waals surface area contributed by atoms with E-state index in [-0.39, 0.29) is 22.6 Å². The maximum absolute atomic E-state index is 13.9. The highest BCUT2D eigenvalue weighted by Crippen LogP contribution is 2.40. The number of allylic oxidation sites excluding steroid dienone is 1. The number of nitrogens with two attached hydrogens (primary N) is 1. The highest BCUT2D eigenvalue weighted by Gasteiger charge is 2.34. The molecule has 3 aromatic rings. The number of nitrogens with zero attached hydrogens (tertiary/aromatic N) is 2. The minimum atomic E-state index is -0.799. The van der Waals surface area contributed by atoms with E-state index >= 15 is 0 Å². The SMILES string of the molecule is Cc1ccc(Cn2c(C)cc3c(c2=O)[C@H](c2cccc(F)c2)C(C#N)=C(N)O3)cc1. The van der Waals surface area contributed by atoms with E-state index in [0.29, 0.717) is 23.6 Å². The van der Waals surface area contributed by atoms with Crippen LogP contribution >= 0.6 is 0 Å². The number of rotatable bonds is 3. The van der Waals surface area contributed by atoms with E-state index in [0.717, 1.165) is 11.1 Å². The average molecular weight is 401 g/mol. The zero-order chi connectivity index (χ0) is 21.4. The lowest BCUT2D eigenvalue weighted by molar-refractivity contribution is 0.388. The molecule has 0 unspecified atom stereocenters. The summed E-state index contributed by atoms with van der Waals surface area (Å²) in [5.74, 6) is -1.03. The number of pyridine rings is 1. The lowest BCUT2D eigenvalue weighted by Gasteiger charge is -2.27. The van der Waals surface area contributed by atoms with Crippen molar-refractivity contribution in [3.05, 3.63) is 110 Å². The lowest BCUT2D eigenvalue weighted by Crippen LogP contribution is -2.33. The van der Waals surface area contributed by atoms with E-state index in [1.807, 2.05) is 44.2 Å². The maximum atomic E-state index is 13.9. The number of benzene rings is 2. The summed E-state index contributed by atoms with van der Waals surface area (Å²) in [5, 5.41) is 9.69. The number of ether oxygens (including phenoxy) is 1. The summed E-state index contributed by atoms with van der Waals surface area (Å²) < 4.78 is 21.2. The van der Waals surface area contributed by atoms with Crippen LogP contribution in [-0.2, 0) is 6.54 Å². The second-order valence-corrected chi connectivity index (χ2v) is 7.42. The van der Waals surface area contributed by atoms with Crippen LogP contribution in [-0.4, -0.2) is 4.57 Å². The predicted molar refractivity (Wildman–Crippen MR) is 111 cm³/mol.